The molecule has 0 spiro atoms. The van der Waals surface area contributed by atoms with E-state index in [-0.39, 0.29) is 6.10 Å². The standard InChI is InChI=1S/C15H26N4O2/c1-3-10-16-13-17-14(20-11-4-2)19-15(18-13)21-12-8-6-5-7-9-12/h12H,3-11H2,1-2H3,(H,16,17,18,19). The molecular weight excluding hydrogens is 268 g/mol. The molecule has 21 heavy (non-hydrogen) atoms. The summed E-state index contributed by atoms with van der Waals surface area (Å²) in [7, 11) is 0. The molecule has 1 saturated carbocycles. The highest BCUT2D eigenvalue weighted by atomic mass is 16.5. The van der Waals surface area contributed by atoms with Crippen molar-refractivity contribution in [3.8, 4) is 12.0 Å². The molecule has 0 aromatic carbocycles. The average Bonchev–Trinajstić information content (AvgIpc) is 2.52. The van der Waals surface area contributed by atoms with Crippen LogP contribution < -0.4 is 14.8 Å². The van der Waals surface area contributed by atoms with E-state index in [2.05, 4.69) is 34.1 Å². The summed E-state index contributed by atoms with van der Waals surface area (Å²) in [5.41, 5.74) is 0. The van der Waals surface area contributed by atoms with Gasteiger partial charge in [0.05, 0.1) is 6.61 Å². The van der Waals surface area contributed by atoms with E-state index in [0.717, 1.165) is 32.2 Å². The fourth-order valence-corrected chi connectivity index (χ4v) is 2.30. The number of aromatic nitrogens is 3. The van der Waals surface area contributed by atoms with Crippen LogP contribution >= 0.6 is 0 Å². The van der Waals surface area contributed by atoms with E-state index in [9.17, 15) is 0 Å². The van der Waals surface area contributed by atoms with Gasteiger partial charge in [-0.25, -0.2) is 0 Å². The number of anilines is 1. The molecular formula is C15H26N4O2. The molecule has 0 aliphatic heterocycles. The monoisotopic (exact) mass is 294 g/mol. The Morgan fingerprint density at radius 3 is 2.48 bits per heavy atom. The van der Waals surface area contributed by atoms with Crippen LogP contribution in [0.3, 0.4) is 0 Å². The molecule has 1 aliphatic rings. The highest BCUT2D eigenvalue weighted by molar-refractivity contribution is 5.27. The first kappa shape index (κ1) is 15.8. The number of nitrogens with one attached hydrogen (secondary N) is 1. The van der Waals surface area contributed by atoms with Crippen LogP contribution in [0, 0.1) is 0 Å². The van der Waals surface area contributed by atoms with E-state index in [1.165, 1.54) is 19.3 Å². The maximum atomic E-state index is 5.91. The molecule has 2 rings (SSSR count). The Balaban J connectivity index is 2.05. The molecule has 0 amide bonds. The van der Waals surface area contributed by atoms with E-state index in [1.54, 1.807) is 0 Å². The topological polar surface area (TPSA) is 69.2 Å². The lowest BCUT2D eigenvalue weighted by Gasteiger charge is -2.21. The average molecular weight is 294 g/mol. The van der Waals surface area contributed by atoms with Gasteiger partial charge in [-0.15, -0.1) is 4.98 Å². The fraction of sp³-hybridized carbons (Fsp3) is 0.800. The maximum Gasteiger partial charge on any atom is 0.324 e. The van der Waals surface area contributed by atoms with Crippen molar-refractivity contribution in [2.45, 2.75) is 64.9 Å². The van der Waals surface area contributed by atoms with Gasteiger partial charge in [0.25, 0.3) is 0 Å². The molecule has 0 radical (unpaired) electrons. The van der Waals surface area contributed by atoms with Gasteiger partial charge in [-0.3, -0.25) is 0 Å². The lowest BCUT2D eigenvalue weighted by atomic mass is 9.98. The molecule has 1 fully saturated rings. The van der Waals surface area contributed by atoms with Gasteiger partial charge >= 0.3 is 12.0 Å². The SMILES string of the molecule is CCCNc1nc(OCCC)nc(OC2CCCCC2)n1. The Labute approximate surface area is 126 Å². The smallest absolute Gasteiger partial charge is 0.324 e. The van der Waals surface area contributed by atoms with Crippen LogP contribution in [0.25, 0.3) is 0 Å². The van der Waals surface area contributed by atoms with E-state index in [1.807, 2.05) is 0 Å². The largest absolute Gasteiger partial charge is 0.463 e. The lowest BCUT2D eigenvalue weighted by Crippen LogP contribution is -2.21. The molecule has 118 valence electrons. The first-order chi connectivity index (χ1) is 10.3. The maximum absolute atomic E-state index is 5.91. The minimum atomic E-state index is 0.221. The van der Waals surface area contributed by atoms with Gasteiger partial charge in [0.1, 0.15) is 6.10 Å². The summed E-state index contributed by atoms with van der Waals surface area (Å²) in [4.78, 5) is 12.9. The first-order valence-electron chi connectivity index (χ1n) is 8.11. The summed E-state index contributed by atoms with van der Waals surface area (Å²) in [5.74, 6) is 0.531. The van der Waals surface area contributed by atoms with Crippen molar-refractivity contribution in [1.29, 1.82) is 0 Å². The molecule has 1 heterocycles. The molecule has 6 heteroatoms. The Morgan fingerprint density at radius 1 is 1.00 bits per heavy atom. The van der Waals surface area contributed by atoms with E-state index < -0.39 is 0 Å². The van der Waals surface area contributed by atoms with Gasteiger partial charge < -0.3 is 14.8 Å². The van der Waals surface area contributed by atoms with Crippen molar-refractivity contribution in [2.75, 3.05) is 18.5 Å². The Kier molecular flexibility index (Phi) is 6.50. The third-order valence-corrected chi connectivity index (χ3v) is 3.39. The predicted molar refractivity (Wildman–Crippen MR) is 81.9 cm³/mol. The predicted octanol–water partition coefficient (Wildman–Crippen LogP) is 3.19. The number of ether oxygens (including phenoxy) is 2. The van der Waals surface area contributed by atoms with E-state index in [0.29, 0.717) is 24.6 Å². The van der Waals surface area contributed by atoms with Gasteiger partial charge in [-0.1, -0.05) is 20.3 Å². The molecule has 0 bridgehead atoms. The number of hydrogen-bond donors (Lipinski definition) is 1. The number of hydrogen-bond acceptors (Lipinski definition) is 6. The molecule has 1 aromatic heterocycles. The second-order valence-corrected chi connectivity index (χ2v) is 5.38. The molecule has 1 N–H and O–H groups in total. The van der Waals surface area contributed by atoms with Gasteiger partial charge in [-0.05, 0) is 38.5 Å². The zero-order chi connectivity index (χ0) is 14.9. The minimum Gasteiger partial charge on any atom is -0.463 e. The first-order valence-corrected chi connectivity index (χ1v) is 8.11. The highest BCUT2D eigenvalue weighted by Crippen LogP contribution is 2.22. The van der Waals surface area contributed by atoms with Crippen molar-refractivity contribution >= 4 is 5.95 Å². The quantitative estimate of drug-likeness (QED) is 0.794. The van der Waals surface area contributed by atoms with Gasteiger partial charge in [0.15, 0.2) is 0 Å². The minimum absolute atomic E-state index is 0.221. The summed E-state index contributed by atoms with van der Waals surface area (Å²) in [6.07, 6.45) is 8.04. The van der Waals surface area contributed by atoms with Crippen LogP contribution in [0.2, 0.25) is 0 Å². The molecule has 0 unspecified atom stereocenters. The van der Waals surface area contributed by atoms with E-state index >= 15 is 0 Å². The van der Waals surface area contributed by atoms with E-state index in [4.69, 9.17) is 9.47 Å². The third kappa shape index (κ3) is 5.36. The number of nitrogens with zero attached hydrogens (tertiary/aromatic N) is 3. The zero-order valence-electron chi connectivity index (χ0n) is 13.1. The summed E-state index contributed by atoms with van der Waals surface area (Å²) < 4.78 is 11.4. The van der Waals surface area contributed by atoms with Crippen LogP contribution in [0.5, 0.6) is 12.0 Å². The van der Waals surface area contributed by atoms with Crippen LogP contribution in [0.4, 0.5) is 5.95 Å². The molecule has 1 aliphatic carbocycles. The Hall–Kier alpha value is -1.59. The Morgan fingerprint density at radius 2 is 1.76 bits per heavy atom. The van der Waals surface area contributed by atoms with Crippen LogP contribution in [0.15, 0.2) is 0 Å². The molecule has 6 nitrogen and oxygen atoms in total. The van der Waals surface area contributed by atoms with Crippen molar-refractivity contribution in [3.05, 3.63) is 0 Å². The normalized spacial score (nSPS) is 15.7. The van der Waals surface area contributed by atoms with Gasteiger partial charge in [0, 0.05) is 6.54 Å². The summed E-state index contributed by atoms with van der Waals surface area (Å²) in [6.45, 7) is 5.57. The number of rotatable bonds is 8. The zero-order valence-corrected chi connectivity index (χ0v) is 13.1. The summed E-state index contributed by atoms with van der Waals surface area (Å²) in [5, 5.41) is 3.17. The second kappa shape index (κ2) is 8.64. The van der Waals surface area contributed by atoms with Crippen LogP contribution in [0.1, 0.15) is 58.8 Å². The Bertz CT molecular complexity index is 396. The molecule has 0 atom stereocenters. The summed E-state index contributed by atoms with van der Waals surface area (Å²) >= 11 is 0. The lowest BCUT2D eigenvalue weighted by molar-refractivity contribution is 0.139. The third-order valence-electron chi connectivity index (χ3n) is 3.39. The highest BCUT2D eigenvalue weighted by Gasteiger charge is 2.17. The van der Waals surface area contributed by atoms with Crippen molar-refractivity contribution in [2.24, 2.45) is 0 Å². The molecule has 1 aromatic rings. The van der Waals surface area contributed by atoms with Gasteiger partial charge in [0.2, 0.25) is 5.95 Å². The fourth-order valence-electron chi connectivity index (χ4n) is 2.30. The second-order valence-electron chi connectivity index (χ2n) is 5.38. The van der Waals surface area contributed by atoms with Crippen molar-refractivity contribution < 1.29 is 9.47 Å². The van der Waals surface area contributed by atoms with Crippen molar-refractivity contribution in [3.63, 3.8) is 0 Å². The molecule has 0 saturated heterocycles. The van der Waals surface area contributed by atoms with Gasteiger partial charge in [-0.2, -0.15) is 9.97 Å². The summed E-state index contributed by atoms with van der Waals surface area (Å²) in [6, 6.07) is 0.720. The van der Waals surface area contributed by atoms with Crippen LogP contribution in [-0.4, -0.2) is 34.2 Å². The van der Waals surface area contributed by atoms with Crippen LogP contribution in [-0.2, 0) is 0 Å². The van der Waals surface area contributed by atoms with Crippen molar-refractivity contribution in [1.82, 2.24) is 15.0 Å².